The molecule has 2 atom stereocenters. The second-order valence-electron chi connectivity index (χ2n) is 6.45. The molecule has 0 spiro atoms. The number of benzene rings is 1. The van der Waals surface area contributed by atoms with E-state index in [2.05, 4.69) is 55.3 Å². The largest absolute Gasteiger partial charge is 0.313 e. The first kappa shape index (κ1) is 16.5. The molecule has 1 aromatic carbocycles. The van der Waals surface area contributed by atoms with Gasteiger partial charge in [0.25, 0.3) is 0 Å². The smallest absolute Gasteiger partial charge is 0.0250 e. The van der Waals surface area contributed by atoms with Crippen LogP contribution in [0.3, 0.4) is 0 Å². The van der Waals surface area contributed by atoms with Crippen molar-refractivity contribution in [2.75, 3.05) is 13.1 Å². The molecule has 1 saturated heterocycles. The molecule has 0 saturated carbocycles. The lowest BCUT2D eigenvalue weighted by molar-refractivity contribution is 0.112. The van der Waals surface area contributed by atoms with Crippen LogP contribution in [0.25, 0.3) is 0 Å². The van der Waals surface area contributed by atoms with Gasteiger partial charge in [0.15, 0.2) is 0 Å². The quantitative estimate of drug-likeness (QED) is 0.816. The highest BCUT2D eigenvalue weighted by molar-refractivity contribution is 5.22. The predicted octanol–water partition coefficient (Wildman–Crippen LogP) is 3.99. The third-order valence-electron chi connectivity index (χ3n) is 4.77. The summed E-state index contributed by atoms with van der Waals surface area (Å²) in [5.74, 6) is 0. The van der Waals surface area contributed by atoms with Gasteiger partial charge in [-0.2, -0.15) is 0 Å². The minimum atomic E-state index is 0.597. The average Bonchev–Trinajstić information content (AvgIpc) is 2.54. The molecule has 1 aliphatic rings. The van der Waals surface area contributed by atoms with Crippen molar-refractivity contribution in [2.24, 2.45) is 0 Å². The van der Waals surface area contributed by atoms with Crippen molar-refractivity contribution in [1.29, 1.82) is 0 Å². The molecule has 2 rings (SSSR count). The normalized spacial score (nSPS) is 21.4. The molecule has 2 nitrogen and oxygen atoms in total. The van der Waals surface area contributed by atoms with Gasteiger partial charge in [-0.15, -0.1) is 0 Å². The van der Waals surface area contributed by atoms with E-state index in [1.807, 2.05) is 0 Å². The molecule has 1 aromatic rings. The van der Waals surface area contributed by atoms with Crippen molar-refractivity contribution in [1.82, 2.24) is 10.2 Å². The molecular weight excluding hydrogens is 256 g/mol. The van der Waals surface area contributed by atoms with Gasteiger partial charge in [0, 0.05) is 18.6 Å². The van der Waals surface area contributed by atoms with E-state index in [4.69, 9.17) is 0 Å². The Morgan fingerprint density at radius 1 is 1.14 bits per heavy atom. The van der Waals surface area contributed by atoms with Gasteiger partial charge in [-0.1, -0.05) is 44.5 Å². The van der Waals surface area contributed by atoms with Crippen molar-refractivity contribution in [2.45, 2.75) is 71.5 Å². The number of piperidine rings is 1. The Kier molecular flexibility index (Phi) is 6.72. The Bertz CT molecular complexity index is 399. The summed E-state index contributed by atoms with van der Waals surface area (Å²) in [6, 6.07) is 10.5. The Morgan fingerprint density at radius 2 is 1.86 bits per heavy atom. The number of hydrogen-bond acceptors (Lipinski definition) is 2. The van der Waals surface area contributed by atoms with Gasteiger partial charge in [-0.05, 0) is 56.8 Å². The molecule has 1 N–H and O–H groups in total. The maximum Gasteiger partial charge on any atom is 0.0250 e. The van der Waals surface area contributed by atoms with Crippen LogP contribution in [-0.4, -0.2) is 30.1 Å². The number of hydrogen-bond donors (Lipinski definition) is 1. The fraction of sp³-hybridized carbons (Fsp3) is 0.684. The maximum absolute atomic E-state index is 3.69. The zero-order valence-electron chi connectivity index (χ0n) is 14.1. The Morgan fingerprint density at radius 3 is 2.52 bits per heavy atom. The van der Waals surface area contributed by atoms with E-state index >= 15 is 0 Å². The Labute approximate surface area is 130 Å². The first-order valence-corrected chi connectivity index (χ1v) is 8.79. The fourth-order valence-electron chi connectivity index (χ4n) is 3.40. The van der Waals surface area contributed by atoms with Crippen LogP contribution in [0.1, 0.15) is 57.6 Å². The molecule has 1 aliphatic heterocycles. The lowest BCUT2D eigenvalue weighted by atomic mass is 9.95. The lowest BCUT2D eigenvalue weighted by Crippen LogP contribution is -2.50. The first-order chi connectivity index (χ1) is 10.2. The topological polar surface area (TPSA) is 15.3 Å². The first-order valence-electron chi connectivity index (χ1n) is 8.79. The average molecular weight is 288 g/mol. The highest BCUT2D eigenvalue weighted by Crippen LogP contribution is 2.22. The SMILES string of the molecule is CCCNC(C)C1CCCCN1Cc1ccc(CC)cc1. The molecule has 0 radical (unpaired) electrons. The Balaban J connectivity index is 1.97. The molecule has 1 fully saturated rings. The molecular formula is C19H32N2. The maximum atomic E-state index is 3.69. The second-order valence-corrected chi connectivity index (χ2v) is 6.45. The van der Waals surface area contributed by atoms with Gasteiger partial charge in [0.2, 0.25) is 0 Å². The van der Waals surface area contributed by atoms with Crippen LogP contribution in [0.2, 0.25) is 0 Å². The Hall–Kier alpha value is -0.860. The summed E-state index contributed by atoms with van der Waals surface area (Å²) < 4.78 is 0. The fourth-order valence-corrected chi connectivity index (χ4v) is 3.40. The highest BCUT2D eigenvalue weighted by Gasteiger charge is 2.26. The molecule has 0 aliphatic carbocycles. The standard InChI is InChI=1S/C19H32N2/c1-4-13-20-16(3)19-8-6-7-14-21(19)15-18-11-9-17(5-2)10-12-18/h9-12,16,19-20H,4-8,13-15H2,1-3H3. The van der Waals surface area contributed by atoms with Crippen molar-refractivity contribution in [3.8, 4) is 0 Å². The number of rotatable bonds is 7. The van der Waals surface area contributed by atoms with Crippen LogP contribution < -0.4 is 5.32 Å². The summed E-state index contributed by atoms with van der Waals surface area (Å²) in [6.45, 7) is 10.3. The van der Waals surface area contributed by atoms with E-state index in [0.29, 0.717) is 12.1 Å². The van der Waals surface area contributed by atoms with Crippen LogP contribution in [0.5, 0.6) is 0 Å². The van der Waals surface area contributed by atoms with E-state index in [9.17, 15) is 0 Å². The lowest BCUT2D eigenvalue weighted by Gasteiger charge is -2.39. The van der Waals surface area contributed by atoms with Crippen LogP contribution in [0.4, 0.5) is 0 Å². The van der Waals surface area contributed by atoms with Crippen molar-refractivity contribution in [3.05, 3.63) is 35.4 Å². The van der Waals surface area contributed by atoms with Gasteiger partial charge < -0.3 is 5.32 Å². The minimum absolute atomic E-state index is 0.597. The van der Waals surface area contributed by atoms with Crippen molar-refractivity contribution < 1.29 is 0 Å². The molecule has 118 valence electrons. The molecule has 1 heterocycles. The molecule has 2 unspecified atom stereocenters. The molecule has 0 bridgehead atoms. The van der Waals surface area contributed by atoms with E-state index in [0.717, 1.165) is 19.5 Å². The third-order valence-corrected chi connectivity index (χ3v) is 4.77. The molecule has 0 amide bonds. The van der Waals surface area contributed by atoms with Gasteiger partial charge in [-0.25, -0.2) is 0 Å². The van der Waals surface area contributed by atoms with Gasteiger partial charge in [0.1, 0.15) is 0 Å². The number of likely N-dealkylation sites (tertiary alicyclic amines) is 1. The summed E-state index contributed by atoms with van der Waals surface area (Å²) >= 11 is 0. The van der Waals surface area contributed by atoms with Gasteiger partial charge in [0.05, 0.1) is 0 Å². The summed E-state index contributed by atoms with van der Waals surface area (Å²) in [4.78, 5) is 2.69. The monoisotopic (exact) mass is 288 g/mol. The highest BCUT2D eigenvalue weighted by atomic mass is 15.2. The minimum Gasteiger partial charge on any atom is -0.313 e. The summed E-state index contributed by atoms with van der Waals surface area (Å²) in [5, 5.41) is 3.69. The van der Waals surface area contributed by atoms with E-state index in [1.54, 1.807) is 0 Å². The van der Waals surface area contributed by atoms with Crippen molar-refractivity contribution >= 4 is 0 Å². The van der Waals surface area contributed by atoms with Gasteiger partial charge in [-0.3, -0.25) is 4.90 Å². The number of aryl methyl sites for hydroxylation is 1. The molecule has 21 heavy (non-hydrogen) atoms. The van der Waals surface area contributed by atoms with Crippen molar-refractivity contribution in [3.63, 3.8) is 0 Å². The van der Waals surface area contributed by atoms with Crippen LogP contribution >= 0.6 is 0 Å². The molecule has 0 aromatic heterocycles. The predicted molar refractivity (Wildman–Crippen MR) is 91.6 cm³/mol. The van der Waals surface area contributed by atoms with Crippen LogP contribution in [0, 0.1) is 0 Å². The summed E-state index contributed by atoms with van der Waals surface area (Å²) in [5.41, 5.74) is 2.90. The second kappa shape index (κ2) is 8.55. The zero-order valence-corrected chi connectivity index (χ0v) is 14.1. The number of nitrogens with one attached hydrogen (secondary N) is 1. The van der Waals surface area contributed by atoms with Crippen LogP contribution in [-0.2, 0) is 13.0 Å². The van der Waals surface area contributed by atoms with E-state index in [-0.39, 0.29) is 0 Å². The van der Waals surface area contributed by atoms with E-state index in [1.165, 1.54) is 43.4 Å². The van der Waals surface area contributed by atoms with E-state index < -0.39 is 0 Å². The van der Waals surface area contributed by atoms with Crippen LogP contribution in [0.15, 0.2) is 24.3 Å². The third kappa shape index (κ3) is 4.82. The summed E-state index contributed by atoms with van der Waals surface area (Å²) in [7, 11) is 0. The zero-order chi connectivity index (χ0) is 15.1. The van der Waals surface area contributed by atoms with Gasteiger partial charge >= 0.3 is 0 Å². The number of nitrogens with zero attached hydrogens (tertiary/aromatic N) is 1. The molecule has 2 heteroatoms. The summed E-state index contributed by atoms with van der Waals surface area (Å²) in [6.07, 6.45) is 6.42.